The molecule has 1 unspecified atom stereocenters. The Morgan fingerprint density at radius 3 is 2.65 bits per heavy atom. The molecule has 1 atom stereocenters. The summed E-state index contributed by atoms with van der Waals surface area (Å²) in [6, 6.07) is 2.00. The van der Waals surface area contributed by atoms with E-state index < -0.39 is 17.5 Å². The van der Waals surface area contributed by atoms with E-state index in [0.717, 1.165) is 38.4 Å². The van der Waals surface area contributed by atoms with Gasteiger partial charge in [0.05, 0.1) is 0 Å². The molecule has 5 heteroatoms. The molecule has 1 N–H and O–H groups in total. The van der Waals surface area contributed by atoms with Crippen LogP contribution in [0.15, 0.2) is 12.1 Å². The third kappa shape index (κ3) is 3.73. The number of halogens is 3. The molecule has 112 valence electrons. The molecule has 1 fully saturated rings. The summed E-state index contributed by atoms with van der Waals surface area (Å²) in [4.78, 5) is 2.18. The number of nitrogens with zero attached hydrogens (tertiary/aromatic N) is 1. The second kappa shape index (κ2) is 7.09. The molecule has 0 saturated carbocycles. The van der Waals surface area contributed by atoms with E-state index in [-0.39, 0.29) is 5.56 Å². The molecule has 1 aliphatic heterocycles. The molecular weight excluding hydrogens is 265 g/mol. The van der Waals surface area contributed by atoms with Gasteiger partial charge in [-0.2, -0.15) is 0 Å². The van der Waals surface area contributed by atoms with Crippen molar-refractivity contribution < 1.29 is 13.2 Å². The van der Waals surface area contributed by atoms with E-state index in [4.69, 9.17) is 0 Å². The van der Waals surface area contributed by atoms with Crippen LogP contribution in [0.25, 0.3) is 0 Å². The van der Waals surface area contributed by atoms with Crippen molar-refractivity contribution in [1.29, 1.82) is 0 Å². The Labute approximate surface area is 118 Å². The smallest absolute Gasteiger partial charge is 0.161 e. The highest BCUT2D eigenvalue weighted by Gasteiger charge is 2.23. The summed E-state index contributed by atoms with van der Waals surface area (Å²) in [5.74, 6) is -2.77. The van der Waals surface area contributed by atoms with Gasteiger partial charge in [-0.3, -0.25) is 4.90 Å². The summed E-state index contributed by atoms with van der Waals surface area (Å²) < 4.78 is 39.9. The number of likely N-dealkylation sites (tertiary alicyclic amines) is 1. The summed E-state index contributed by atoms with van der Waals surface area (Å²) in [6.45, 7) is 2.13. The Bertz CT molecular complexity index is 451. The standard InChI is InChI=1S/C15H21F3N2/c1-19-6-5-12-4-2-3-7-20(12)10-11-8-14(17)15(18)9-13(11)16/h8-9,12,19H,2-7,10H2,1H3. The van der Waals surface area contributed by atoms with Crippen LogP contribution in [0.3, 0.4) is 0 Å². The second-order valence-corrected chi connectivity index (χ2v) is 5.37. The first-order valence-electron chi connectivity index (χ1n) is 7.14. The summed E-state index contributed by atoms with van der Waals surface area (Å²) in [6.07, 6.45) is 4.31. The number of nitrogens with one attached hydrogen (secondary N) is 1. The van der Waals surface area contributed by atoms with Gasteiger partial charge in [0.15, 0.2) is 11.6 Å². The van der Waals surface area contributed by atoms with E-state index >= 15 is 0 Å². The van der Waals surface area contributed by atoms with Gasteiger partial charge < -0.3 is 5.32 Å². The largest absolute Gasteiger partial charge is 0.320 e. The van der Waals surface area contributed by atoms with Crippen LogP contribution in [0.4, 0.5) is 13.2 Å². The summed E-state index contributed by atoms with van der Waals surface area (Å²) in [5.41, 5.74) is 0.236. The first-order valence-corrected chi connectivity index (χ1v) is 7.14. The molecule has 0 spiro atoms. The van der Waals surface area contributed by atoms with Crippen molar-refractivity contribution in [1.82, 2.24) is 10.2 Å². The minimum Gasteiger partial charge on any atom is -0.320 e. The van der Waals surface area contributed by atoms with Crippen molar-refractivity contribution in [3.8, 4) is 0 Å². The molecule has 0 amide bonds. The Hall–Kier alpha value is -1.07. The summed E-state index contributed by atoms with van der Waals surface area (Å²) in [5, 5.41) is 3.12. The number of hydrogen-bond acceptors (Lipinski definition) is 2. The van der Waals surface area contributed by atoms with Gasteiger partial charge in [-0.1, -0.05) is 6.42 Å². The van der Waals surface area contributed by atoms with Crippen molar-refractivity contribution in [3.63, 3.8) is 0 Å². The van der Waals surface area contributed by atoms with Gasteiger partial charge >= 0.3 is 0 Å². The fourth-order valence-electron chi connectivity index (χ4n) is 2.81. The number of rotatable bonds is 5. The van der Waals surface area contributed by atoms with Crippen LogP contribution >= 0.6 is 0 Å². The monoisotopic (exact) mass is 286 g/mol. The Morgan fingerprint density at radius 2 is 1.90 bits per heavy atom. The van der Waals surface area contributed by atoms with Crippen LogP contribution in [-0.4, -0.2) is 31.1 Å². The van der Waals surface area contributed by atoms with Crippen LogP contribution in [0, 0.1) is 17.5 Å². The molecule has 2 nitrogen and oxygen atoms in total. The molecule has 0 bridgehead atoms. The van der Waals surface area contributed by atoms with E-state index in [2.05, 4.69) is 10.2 Å². The second-order valence-electron chi connectivity index (χ2n) is 5.37. The third-order valence-electron chi connectivity index (χ3n) is 3.94. The zero-order valence-corrected chi connectivity index (χ0v) is 11.8. The van der Waals surface area contributed by atoms with Gasteiger partial charge in [-0.15, -0.1) is 0 Å². The molecule has 1 heterocycles. The molecule has 1 aromatic carbocycles. The molecule has 0 radical (unpaired) electrons. The quantitative estimate of drug-likeness (QED) is 0.837. The zero-order chi connectivity index (χ0) is 14.5. The van der Waals surface area contributed by atoms with Gasteiger partial charge in [0.25, 0.3) is 0 Å². The highest BCUT2D eigenvalue weighted by molar-refractivity contribution is 5.20. The van der Waals surface area contributed by atoms with Crippen LogP contribution in [0.1, 0.15) is 31.2 Å². The molecule has 1 aromatic rings. The maximum absolute atomic E-state index is 13.7. The normalized spacial score (nSPS) is 20.3. The molecule has 0 aliphatic carbocycles. The average molecular weight is 286 g/mol. The van der Waals surface area contributed by atoms with Crippen LogP contribution < -0.4 is 5.32 Å². The lowest BCUT2D eigenvalue weighted by molar-refractivity contribution is 0.130. The van der Waals surface area contributed by atoms with E-state index in [9.17, 15) is 13.2 Å². The zero-order valence-electron chi connectivity index (χ0n) is 11.8. The van der Waals surface area contributed by atoms with E-state index in [1.54, 1.807) is 0 Å². The molecule has 2 rings (SSSR count). The topological polar surface area (TPSA) is 15.3 Å². The SMILES string of the molecule is CNCCC1CCCCN1Cc1cc(F)c(F)cc1F. The lowest BCUT2D eigenvalue weighted by atomic mass is 9.98. The number of benzene rings is 1. The average Bonchev–Trinajstić information content (AvgIpc) is 2.44. The molecular formula is C15H21F3N2. The minimum absolute atomic E-state index is 0.236. The van der Waals surface area contributed by atoms with E-state index in [0.29, 0.717) is 18.7 Å². The highest BCUT2D eigenvalue weighted by Crippen LogP contribution is 2.23. The maximum Gasteiger partial charge on any atom is 0.161 e. The fourth-order valence-corrected chi connectivity index (χ4v) is 2.81. The van der Waals surface area contributed by atoms with Crippen molar-refractivity contribution >= 4 is 0 Å². The predicted molar refractivity (Wildman–Crippen MR) is 72.9 cm³/mol. The van der Waals surface area contributed by atoms with Gasteiger partial charge in [-0.05, 0) is 45.5 Å². The van der Waals surface area contributed by atoms with E-state index in [1.807, 2.05) is 7.05 Å². The first kappa shape index (κ1) is 15.3. The third-order valence-corrected chi connectivity index (χ3v) is 3.94. The van der Waals surface area contributed by atoms with Gasteiger partial charge in [-0.25, -0.2) is 13.2 Å². The summed E-state index contributed by atoms with van der Waals surface area (Å²) in [7, 11) is 1.90. The minimum atomic E-state index is -1.13. The van der Waals surface area contributed by atoms with Crippen LogP contribution in [0.2, 0.25) is 0 Å². The summed E-state index contributed by atoms with van der Waals surface area (Å²) >= 11 is 0. The van der Waals surface area contributed by atoms with Crippen LogP contribution in [-0.2, 0) is 6.54 Å². The predicted octanol–water partition coefficient (Wildman–Crippen LogP) is 3.07. The van der Waals surface area contributed by atoms with E-state index in [1.165, 1.54) is 6.42 Å². The van der Waals surface area contributed by atoms with Gasteiger partial charge in [0.1, 0.15) is 5.82 Å². The highest BCUT2D eigenvalue weighted by atomic mass is 19.2. The molecule has 1 saturated heterocycles. The number of hydrogen-bond donors (Lipinski definition) is 1. The Kier molecular flexibility index (Phi) is 5.43. The lowest BCUT2D eigenvalue weighted by Crippen LogP contribution is -2.40. The molecule has 20 heavy (non-hydrogen) atoms. The lowest BCUT2D eigenvalue weighted by Gasteiger charge is -2.36. The molecule has 0 aromatic heterocycles. The van der Waals surface area contributed by atoms with Crippen molar-refractivity contribution in [2.45, 2.75) is 38.3 Å². The maximum atomic E-state index is 13.7. The Morgan fingerprint density at radius 1 is 1.15 bits per heavy atom. The fraction of sp³-hybridized carbons (Fsp3) is 0.600. The van der Waals surface area contributed by atoms with Gasteiger partial charge in [0, 0.05) is 24.2 Å². The van der Waals surface area contributed by atoms with Crippen molar-refractivity contribution in [2.24, 2.45) is 0 Å². The first-order chi connectivity index (χ1) is 9.61. The Balaban J connectivity index is 2.08. The van der Waals surface area contributed by atoms with Crippen molar-refractivity contribution in [3.05, 3.63) is 35.1 Å². The van der Waals surface area contributed by atoms with Gasteiger partial charge in [0.2, 0.25) is 0 Å². The number of piperidine rings is 1. The molecule has 1 aliphatic rings. The van der Waals surface area contributed by atoms with Crippen molar-refractivity contribution in [2.75, 3.05) is 20.1 Å². The van der Waals surface area contributed by atoms with Crippen LogP contribution in [0.5, 0.6) is 0 Å².